The van der Waals surface area contributed by atoms with Crippen LogP contribution in [0.5, 0.6) is 0 Å². The Kier molecular flexibility index (Phi) is 5.15. The molecule has 0 N–H and O–H groups in total. The number of carbonyl (C=O) groups is 1. The van der Waals surface area contributed by atoms with Crippen molar-refractivity contribution < 1.29 is 13.6 Å². The van der Waals surface area contributed by atoms with E-state index in [0.717, 1.165) is 17.0 Å². The lowest BCUT2D eigenvalue weighted by Crippen LogP contribution is -1.93. The summed E-state index contributed by atoms with van der Waals surface area (Å²) in [6.07, 6.45) is 2.51. The summed E-state index contributed by atoms with van der Waals surface area (Å²) in [6, 6.07) is 10.2. The van der Waals surface area contributed by atoms with E-state index in [1.807, 2.05) is 18.4 Å². The van der Waals surface area contributed by atoms with Crippen LogP contribution in [0.2, 0.25) is 0 Å². The standard InChI is InChI=1S/C16H11ClF2OS/c1-21-12-5-2-10(3-6-12)14(9-20)16(17)13-7-4-11(18)8-15(13)19/h2-9H,1H3/b16-14-. The number of hydrogen-bond acceptors (Lipinski definition) is 2. The quantitative estimate of drug-likeness (QED) is 0.341. The molecule has 5 heteroatoms. The molecule has 0 heterocycles. The maximum atomic E-state index is 13.8. The molecule has 0 saturated carbocycles. The number of halogens is 3. The van der Waals surface area contributed by atoms with E-state index >= 15 is 0 Å². The van der Waals surface area contributed by atoms with Crippen molar-refractivity contribution >= 4 is 40.3 Å². The van der Waals surface area contributed by atoms with Crippen molar-refractivity contribution in [3.63, 3.8) is 0 Å². The summed E-state index contributed by atoms with van der Waals surface area (Å²) >= 11 is 7.69. The topological polar surface area (TPSA) is 17.1 Å². The Morgan fingerprint density at radius 2 is 1.81 bits per heavy atom. The molecular formula is C16H11ClF2OS. The summed E-state index contributed by atoms with van der Waals surface area (Å²) < 4.78 is 26.7. The Hall–Kier alpha value is -1.65. The highest BCUT2D eigenvalue weighted by molar-refractivity contribution is 7.98. The predicted molar refractivity (Wildman–Crippen MR) is 83.3 cm³/mol. The summed E-state index contributed by atoms with van der Waals surface area (Å²) in [5.74, 6) is -1.50. The van der Waals surface area contributed by atoms with E-state index in [1.54, 1.807) is 23.9 Å². The van der Waals surface area contributed by atoms with Gasteiger partial charge in [0.05, 0.1) is 5.03 Å². The highest BCUT2D eigenvalue weighted by Gasteiger charge is 2.13. The smallest absolute Gasteiger partial charge is 0.152 e. The summed E-state index contributed by atoms with van der Waals surface area (Å²) in [6.45, 7) is 0. The molecule has 0 aromatic heterocycles. The molecule has 2 aromatic carbocycles. The number of allylic oxidation sites excluding steroid dienone is 1. The van der Waals surface area contributed by atoms with Crippen LogP contribution < -0.4 is 0 Å². The van der Waals surface area contributed by atoms with Crippen molar-refractivity contribution in [3.8, 4) is 0 Å². The molecule has 2 rings (SSSR count). The first-order chi connectivity index (χ1) is 10.1. The van der Waals surface area contributed by atoms with E-state index in [-0.39, 0.29) is 16.2 Å². The maximum Gasteiger partial charge on any atom is 0.152 e. The average molecular weight is 325 g/mol. The molecule has 21 heavy (non-hydrogen) atoms. The van der Waals surface area contributed by atoms with E-state index in [1.165, 1.54) is 6.07 Å². The zero-order valence-corrected chi connectivity index (χ0v) is 12.6. The van der Waals surface area contributed by atoms with Crippen LogP contribution in [0.3, 0.4) is 0 Å². The van der Waals surface area contributed by atoms with Crippen molar-refractivity contribution in [1.29, 1.82) is 0 Å². The second-order valence-electron chi connectivity index (χ2n) is 4.20. The second-order valence-corrected chi connectivity index (χ2v) is 5.46. The largest absolute Gasteiger partial charge is 0.298 e. The Balaban J connectivity index is 2.52. The fraction of sp³-hybridized carbons (Fsp3) is 0.0625. The third kappa shape index (κ3) is 3.52. The van der Waals surface area contributed by atoms with Crippen LogP contribution in [0.1, 0.15) is 11.1 Å². The van der Waals surface area contributed by atoms with Gasteiger partial charge < -0.3 is 0 Å². The molecule has 0 amide bonds. The highest BCUT2D eigenvalue weighted by atomic mass is 35.5. The van der Waals surface area contributed by atoms with Crippen molar-refractivity contribution in [2.75, 3.05) is 6.26 Å². The van der Waals surface area contributed by atoms with Gasteiger partial charge in [-0.25, -0.2) is 8.78 Å². The van der Waals surface area contributed by atoms with Gasteiger partial charge in [-0.1, -0.05) is 23.7 Å². The number of benzene rings is 2. The first-order valence-electron chi connectivity index (χ1n) is 6.01. The monoisotopic (exact) mass is 324 g/mol. The predicted octanol–water partition coefficient (Wildman–Crippen LogP) is 4.99. The van der Waals surface area contributed by atoms with Crippen LogP contribution in [0, 0.1) is 11.6 Å². The molecule has 0 saturated heterocycles. The van der Waals surface area contributed by atoms with Crippen molar-refractivity contribution in [2.24, 2.45) is 0 Å². The second kappa shape index (κ2) is 6.87. The normalized spacial score (nSPS) is 12.0. The summed E-state index contributed by atoms with van der Waals surface area (Å²) in [4.78, 5) is 12.3. The lowest BCUT2D eigenvalue weighted by atomic mass is 10.0. The average Bonchev–Trinajstić information content (AvgIpc) is 2.48. The molecule has 0 unspecified atom stereocenters. The SMILES string of the molecule is CSc1ccc(/C(C=O)=C(\Cl)c2ccc(F)cc2F)cc1. The molecule has 0 spiro atoms. The van der Waals surface area contributed by atoms with E-state index < -0.39 is 11.6 Å². The van der Waals surface area contributed by atoms with Gasteiger partial charge in [-0.15, -0.1) is 11.8 Å². The third-order valence-corrected chi connectivity index (χ3v) is 4.07. The van der Waals surface area contributed by atoms with Gasteiger partial charge in [-0.05, 0) is 36.1 Å². The molecule has 0 radical (unpaired) electrons. The third-order valence-electron chi connectivity index (χ3n) is 2.92. The van der Waals surface area contributed by atoms with Gasteiger partial charge in [0.1, 0.15) is 11.6 Å². The Morgan fingerprint density at radius 1 is 1.14 bits per heavy atom. The Labute approximate surface area is 130 Å². The van der Waals surface area contributed by atoms with Crippen molar-refractivity contribution in [3.05, 3.63) is 65.2 Å². The van der Waals surface area contributed by atoms with E-state index in [9.17, 15) is 13.6 Å². The number of carbonyl (C=O) groups excluding carboxylic acids is 1. The molecule has 2 aromatic rings. The van der Waals surface area contributed by atoms with Crippen molar-refractivity contribution in [2.45, 2.75) is 4.90 Å². The van der Waals surface area contributed by atoms with Crippen LogP contribution in [0.4, 0.5) is 8.78 Å². The summed E-state index contributed by atoms with van der Waals surface area (Å²) in [5, 5.41) is -0.0422. The van der Waals surface area contributed by atoms with Gasteiger partial charge in [0.15, 0.2) is 6.29 Å². The molecule has 0 atom stereocenters. The minimum atomic E-state index is -0.805. The van der Waals surface area contributed by atoms with Gasteiger partial charge in [0.25, 0.3) is 0 Å². The van der Waals surface area contributed by atoms with Crippen molar-refractivity contribution in [1.82, 2.24) is 0 Å². The molecule has 1 nitrogen and oxygen atoms in total. The van der Waals surface area contributed by atoms with Crippen LogP contribution in [-0.4, -0.2) is 12.5 Å². The van der Waals surface area contributed by atoms with Gasteiger partial charge in [0, 0.05) is 22.1 Å². The highest BCUT2D eigenvalue weighted by Crippen LogP contribution is 2.31. The lowest BCUT2D eigenvalue weighted by Gasteiger charge is -2.07. The van der Waals surface area contributed by atoms with E-state index in [4.69, 9.17) is 11.6 Å². The maximum absolute atomic E-state index is 13.8. The Morgan fingerprint density at radius 3 is 2.33 bits per heavy atom. The van der Waals surface area contributed by atoms with E-state index in [2.05, 4.69) is 0 Å². The molecule has 0 fully saturated rings. The molecule has 0 aliphatic heterocycles. The van der Waals surface area contributed by atoms with Crippen LogP contribution in [0.25, 0.3) is 10.6 Å². The zero-order valence-electron chi connectivity index (χ0n) is 11.1. The summed E-state index contributed by atoms with van der Waals surface area (Å²) in [5.41, 5.74) is 0.737. The minimum Gasteiger partial charge on any atom is -0.298 e. The number of aldehydes is 1. The molecular weight excluding hydrogens is 314 g/mol. The molecule has 0 aliphatic rings. The first-order valence-corrected chi connectivity index (χ1v) is 7.62. The van der Waals surface area contributed by atoms with Gasteiger partial charge in [-0.3, -0.25) is 4.79 Å². The fourth-order valence-corrected chi connectivity index (χ4v) is 2.54. The number of thioether (sulfide) groups is 1. The van der Waals surface area contributed by atoms with Crippen LogP contribution in [-0.2, 0) is 4.79 Å². The lowest BCUT2D eigenvalue weighted by molar-refractivity contribution is -0.103. The van der Waals surface area contributed by atoms with E-state index in [0.29, 0.717) is 11.8 Å². The number of rotatable bonds is 4. The number of hydrogen-bond donors (Lipinski definition) is 0. The first kappa shape index (κ1) is 15.7. The fourth-order valence-electron chi connectivity index (χ4n) is 1.83. The molecule has 0 aliphatic carbocycles. The molecule has 108 valence electrons. The van der Waals surface area contributed by atoms with Gasteiger partial charge in [-0.2, -0.15) is 0 Å². The Bertz CT molecular complexity index is 696. The van der Waals surface area contributed by atoms with Crippen LogP contribution in [0.15, 0.2) is 47.4 Å². The van der Waals surface area contributed by atoms with Crippen LogP contribution >= 0.6 is 23.4 Å². The zero-order chi connectivity index (χ0) is 15.4. The van der Waals surface area contributed by atoms with Gasteiger partial charge >= 0.3 is 0 Å². The van der Waals surface area contributed by atoms with Gasteiger partial charge in [0.2, 0.25) is 0 Å². The minimum absolute atomic E-state index is 0.00545. The molecule has 0 bridgehead atoms. The summed E-state index contributed by atoms with van der Waals surface area (Å²) in [7, 11) is 0.